The molecule has 0 saturated carbocycles. The first-order chi connectivity index (χ1) is 7.23. The lowest BCUT2D eigenvalue weighted by molar-refractivity contribution is -0.139. The molecule has 1 rings (SSSR count). The lowest BCUT2D eigenvalue weighted by Crippen LogP contribution is -2.15. The molecule has 1 nitrogen and oxygen atoms in total. The molecular weight excluding hydrogens is 285 g/mol. The van der Waals surface area contributed by atoms with Gasteiger partial charge in [-0.1, -0.05) is 35.8 Å². The van der Waals surface area contributed by atoms with Crippen LogP contribution in [0.5, 0.6) is 0 Å². The number of alkyl halides is 3. The summed E-state index contributed by atoms with van der Waals surface area (Å²) in [5.41, 5.74) is -0.867. The van der Waals surface area contributed by atoms with Gasteiger partial charge in [0.15, 0.2) is 0 Å². The molecule has 1 aromatic rings. The maximum Gasteiger partial charge on any atom is 0.416 e. The first-order valence-electron chi connectivity index (χ1n) is 4.78. The summed E-state index contributed by atoms with van der Waals surface area (Å²) in [5.74, 6) is -0.262. The van der Waals surface area contributed by atoms with Gasteiger partial charge in [0.05, 0.1) is 11.7 Å². The second-order valence-electron chi connectivity index (χ2n) is 3.92. The molecule has 1 N–H and O–H groups in total. The van der Waals surface area contributed by atoms with Gasteiger partial charge in [-0.2, -0.15) is 13.2 Å². The van der Waals surface area contributed by atoms with Gasteiger partial charge in [-0.3, -0.25) is 0 Å². The fourth-order valence-corrected chi connectivity index (χ4v) is 1.75. The predicted molar refractivity (Wildman–Crippen MR) is 58.9 cm³/mol. The van der Waals surface area contributed by atoms with Crippen molar-refractivity contribution in [3.8, 4) is 0 Å². The van der Waals surface area contributed by atoms with Crippen LogP contribution in [-0.4, -0.2) is 5.11 Å². The summed E-state index contributed by atoms with van der Waals surface area (Å²) in [7, 11) is 0. The quantitative estimate of drug-likeness (QED) is 0.869. The van der Waals surface area contributed by atoms with Crippen molar-refractivity contribution in [3.05, 3.63) is 33.8 Å². The highest BCUT2D eigenvalue weighted by Gasteiger charge is 2.35. The van der Waals surface area contributed by atoms with Crippen molar-refractivity contribution in [2.75, 3.05) is 0 Å². The summed E-state index contributed by atoms with van der Waals surface area (Å²) in [6.45, 7) is 3.35. The Kier molecular flexibility index (Phi) is 4.02. The van der Waals surface area contributed by atoms with Crippen LogP contribution in [0.1, 0.15) is 31.1 Å². The zero-order valence-electron chi connectivity index (χ0n) is 8.85. The minimum absolute atomic E-state index is 0.0781. The van der Waals surface area contributed by atoms with E-state index < -0.39 is 17.8 Å². The number of hydrogen-bond acceptors (Lipinski definition) is 1. The third-order valence-electron chi connectivity index (χ3n) is 2.27. The maximum atomic E-state index is 12.7. The van der Waals surface area contributed by atoms with Crippen LogP contribution in [-0.2, 0) is 6.18 Å². The highest BCUT2D eigenvalue weighted by atomic mass is 79.9. The van der Waals surface area contributed by atoms with E-state index in [9.17, 15) is 18.3 Å². The van der Waals surface area contributed by atoms with Gasteiger partial charge in [-0.15, -0.1) is 0 Å². The number of aliphatic hydroxyl groups is 1. The molecule has 0 amide bonds. The number of benzene rings is 1. The molecule has 0 aliphatic carbocycles. The van der Waals surface area contributed by atoms with Crippen molar-refractivity contribution in [2.24, 2.45) is 5.92 Å². The molecule has 90 valence electrons. The summed E-state index contributed by atoms with van der Waals surface area (Å²) >= 11 is 2.99. The van der Waals surface area contributed by atoms with E-state index in [0.717, 1.165) is 6.07 Å². The van der Waals surface area contributed by atoms with Crippen LogP contribution < -0.4 is 0 Å². The fourth-order valence-electron chi connectivity index (χ4n) is 1.39. The Bertz CT molecular complexity index is 374. The predicted octanol–water partition coefficient (Wildman–Crippen LogP) is 4.16. The molecule has 0 bridgehead atoms. The van der Waals surface area contributed by atoms with Crippen molar-refractivity contribution >= 4 is 15.9 Å². The largest absolute Gasteiger partial charge is 0.416 e. The van der Waals surface area contributed by atoms with Gasteiger partial charge in [0.25, 0.3) is 0 Å². The van der Waals surface area contributed by atoms with Gasteiger partial charge >= 0.3 is 6.18 Å². The Balaban J connectivity index is 3.29. The Labute approximate surface area is 100 Å². The Hall–Kier alpha value is -0.550. The van der Waals surface area contributed by atoms with Crippen molar-refractivity contribution in [1.29, 1.82) is 0 Å². The molecule has 0 aromatic heterocycles. The van der Waals surface area contributed by atoms with E-state index in [1.807, 2.05) is 0 Å². The summed E-state index contributed by atoms with van der Waals surface area (Å²) in [6, 6.07) is 3.79. The molecule has 16 heavy (non-hydrogen) atoms. The molecule has 0 radical (unpaired) electrons. The highest BCUT2D eigenvalue weighted by Crippen LogP contribution is 2.37. The molecular formula is C11H12BrF3O. The van der Waals surface area contributed by atoms with Crippen LogP contribution in [0, 0.1) is 5.92 Å². The Morgan fingerprint density at radius 3 is 2.25 bits per heavy atom. The number of hydrogen-bond donors (Lipinski definition) is 1. The summed E-state index contributed by atoms with van der Waals surface area (Å²) < 4.78 is 38.5. The van der Waals surface area contributed by atoms with E-state index in [2.05, 4.69) is 15.9 Å². The van der Waals surface area contributed by atoms with Crippen LogP contribution in [0.25, 0.3) is 0 Å². The topological polar surface area (TPSA) is 20.2 Å². The number of rotatable bonds is 2. The summed E-state index contributed by atoms with van der Waals surface area (Å²) in [6.07, 6.45) is -5.56. The Morgan fingerprint density at radius 1 is 1.25 bits per heavy atom. The van der Waals surface area contributed by atoms with Crippen molar-refractivity contribution in [3.63, 3.8) is 0 Å². The van der Waals surface area contributed by atoms with Gasteiger partial charge in [-0.05, 0) is 23.6 Å². The summed E-state index contributed by atoms with van der Waals surface area (Å²) in [4.78, 5) is 0. The maximum absolute atomic E-state index is 12.7. The molecule has 0 aliphatic heterocycles. The van der Waals surface area contributed by atoms with Crippen LogP contribution in [0.4, 0.5) is 13.2 Å². The number of halogens is 4. The standard InChI is InChI=1S/C11H12BrF3O/c1-6(2)10(16)8-4-3-7(12)5-9(8)11(13,14)15/h3-6,10,16H,1-2H3. The normalized spacial score (nSPS) is 14.2. The van der Waals surface area contributed by atoms with Crippen molar-refractivity contribution < 1.29 is 18.3 Å². The van der Waals surface area contributed by atoms with Crippen LogP contribution in [0.2, 0.25) is 0 Å². The second kappa shape index (κ2) is 4.75. The van der Waals surface area contributed by atoms with E-state index in [-0.39, 0.29) is 11.5 Å². The molecule has 0 saturated heterocycles. The first-order valence-corrected chi connectivity index (χ1v) is 5.57. The molecule has 1 aromatic carbocycles. The summed E-state index contributed by atoms with van der Waals surface area (Å²) in [5, 5.41) is 9.72. The van der Waals surface area contributed by atoms with E-state index in [1.165, 1.54) is 12.1 Å². The lowest BCUT2D eigenvalue weighted by atomic mass is 9.94. The average molecular weight is 297 g/mol. The average Bonchev–Trinajstić information content (AvgIpc) is 2.15. The van der Waals surface area contributed by atoms with Gasteiger partial charge in [0.2, 0.25) is 0 Å². The monoisotopic (exact) mass is 296 g/mol. The highest BCUT2D eigenvalue weighted by molar-refractivity contribution is 9.10. The third kappa shape index (κ3) is 2.98. The molecule has 0 aliphatic rings. The van der Waals surface area contributed by atoms with Crippen LogP contribution >= 0.6 is 15.9 Å². The first kappa shape index (κ1) is 13.5. The fraction of sp³-hybridized carbons (Fsp3) is 0.455. The molecule has 0 spiro atoms. The third-order valence-corrected chi connectivity index (χ3v) is 2.76. The zero-order valence-corrected chi connectivity index (χ0v) is 10.4. The molecule has 0 heterocycles. The molecule has 1 atom stereocenters. The SMILES string of the molecule is CC(C)C(O)c1ccc(Br)cc1C(F)(F)F. The molecule has 1 unspecified atom stereocenters. The van der Waals surface area contributed by atoms with E-state index in [4.69, 9.17) is 0 Å². The molecule has 0 fully saturated rings. The zero-order chi connectivity index (χ0) is 12.5. The van der Waals surface area contributed by atoms with Crippen LogP contribution in [0.15, 0.2) is 22.7 Å². The van der Waals surface area contributed by atoms with Crippen LogP contribution in [0.3, 0.4) is 0 Å². The Morgan fingerprint density at radius 2 is 1.81 bits per heavy atom. The van der Waals surface area contributed by atoms with E-state index in [0.29, 0.717) is 4.47 Å². The van der Waals surface area contributed by atoms with E-state index in [1.54, 1.807) is 13.8 Å². The van der Waals surface area contributed by atoms with Gasteiger partial charge in [0, 0.05) is 4.47 Å². The smallest absolute Gasteiger partial charge is 0.388 e. The molecule has 5 heteroatoms. The number of aliphatic hydroxyl groups excluding tert-OH is 1. The minimum atomic E-state index is -4.45. The van der Waals surface area contributed by atoms with Gasteiger partial charge in [0.1, 0.15) is 0 Å². The lowest BCUT2D eigenvalue weighted by Gasteiger charge is -2.20. The van der Waals surface area contributed by atoms with Crippen molar-refractivity contribution in [1.82, 2.24) is 0 Å². The van der Waals surface area contributed by atoms with Crippen molar-refractivity contribution in [2.45, 2.75) is 26.1 Å². The minimum Gasteiger partial charge on any atom is -0.388 e. The van der Waals surface area contributed by atoms with Gasteiger partial charge < -0.3 is 5.11 Å². The van der Waals surface area contributed by atoms with Gasteiger partial charge in [-0.25, -0.2) is 0 Å². The van der Waals surface area contributed by atoms with E-state index >= 15 is 0 Å². The second-order valence-corrected chi connectivity index (χ2v) is 4.83.